The maximum absolute atomic E-state index is 10.4. The van der Waals surface area contributed by atoms with Crippen molar-refractivity contribution in [3.8, 4) is 5.75 Å². The highest BCUT2D eigenvalue weighted by Gasteiger charge is 2.17. The summed E-state index contributed by atoms with van der Waals surface area (Å²) in [6.45, 7) is 4.41. The maximum Gasteiger partial charge on any atom is 0.142 e. The first kappa shape index (κ1) is 13.7. The molecule has 0 spiro atoms. The maximum atomic E-state index is 10.4. The fourth-order valence-corrected chi connectivity index (χ4v) is 2.25. The second kappa shape index (κ2) is 6.43. The van der Waals surface area contributed by atoms with Crippen LogP contribution in [0.5, 0.6) is 5.75 Å². The van der Waals surface area contributed by atoms with Gasteiger partial charge in [-0.3, -0.25) is 0 Å². The molecule has 1 N–H and O–H groups in total. The Morgan fingerprint density at radius 1 is 1.32 bits per heavy atom. The molecular formula is C14H21N3O2. The minimum atomic E-state index is 0.328. The van der Waals surface area contributed by atoms with E-state index >= 15 is 0 Å². The molecular weight excluding hydrogens is 242 g/mol. The molecule has 0 aliphatic carbocycles. The van der Waals surface area contributed by atoms with Crippen LogP contribution in [0.25, 0.3) is 0 Å². The molecule has 1 saturated heterocycles. The summed E-state index contributed by atoms with van der Waals surface area (Å²) < 4.78 is 5.43. The van der Waals surface area contributed by atoms with Gasteiger partial charge in [0, 0.05) is 31.9 Å². The lowest BCUT2D eigenvalue weighted by Crippen LogP contribution is -2.44. The quantitative estimate of drug-likeness (QED) is 0.805. The summed E-state index contributed by atoms with van der Waals surface area (Å²) in [5, 5.41) is 3.07. The van der Waals surface area contributed by atoms with E-state index in [0.29, 0.717) is 6.54 Å². The molecule has 5 heteroatoms. The molecule has 0 radical (unpaired) electrons. The van der Waals surface area contributed by atoms with Gasteiger partial charge in [-0.15, -0.1) is 0 Å². The molecule has 1 aliphatic heterocycles. The van der Waals surface area contributed by atoms with E-state index in [1.165, 1.54) is 0 Å². The van der Waals surface area contributed by atoms with Crippen molar-refractivity contribution < 1.29 is 9.53 Å². The zero-order valence-corrected chi connectivity index (χ0v) is 11.6. The van der Waals surface area contributed by atoms with Gasteiger partial charge in [0.25, 0.3) is 0 Å². The third-order valence-electron chi connectivity index (χ3n) is 3.41. The van der Waals surface area contributed by atoms with Crippen molar-refractivity contribution in [2.75, 3.05) is 57.1 Å². The van der Waals surface area contributed by atoms with Gasteiger partial charge in [-0.25, -0.2) is 0 Å². The molecule has 0 aromatic heterocycles. The van der Waals surface area contributed by atoms with Crippen LogP contribution < -0.4 is 15.0 Å². The Labute approximate surface area is 114 Å². The third kappa shape index (κ3) is 3.38. The molecule has 1 aromatic carbocycles. The molecule has 1 aliphatic rings. The van der Waals surface area contributed by atoms with Gasteiger partial charge in [0.05, 0.1) is 19.3 Å². The first-order valence-corrected chi connectivity index (χ1v) is 6.53. The number of benzene rings is 1. The number of aldehydes is 1. The molecule has 0 saturated carbocycles. The van der Waals surface area contributed by atoms with E-state index in [-0.39, 0.29) is 0 Å². The van der Waals surface area contributed by atoms with Gasteiger partial charge in [0.15, 0.2) is 0 Å². The first-order valence-electron chi connectivity index (χ1n) is 6.53. The number of methoxy groups -OCH3 is 1. The Balaban J connectivity index is 2.18. The van der Waals surface area contributed by atoms with Crippen molar-refractivity contribution in [1.82, 2.24) is 4.90 Å². The monoisotopic (exact) mass is 263 g/mol. The van der Waals surface area contributed by atoms with Crippen LogP contribution in [0.3, 0.4) is 0 Å². The normalized spacial score (nSPS) is 16.2. The van der Waals surface area contributed by atoms with Gasteiger partial charge in [-0.05, 0) is 25.2 Å². The zero-order chi connectivity index (χ0) is 13.7. The number of carbonyl (C=O) groups is 1. The molecule has 0 amide bonds. The number of nitrogens with zero attached hydrogens (tertiary/aromatic N) is 2. The van der Waals surface area contributed by atoms with Crippen LogP contribution in [0, 0.1) is 0 Å². The van der Waals surface area contributed by atoms with E-state index in [2.05, 4.69) is 22.2 Å². The average molecular weight is 263 g/mol. The number of carbonyl (C=O) groups excluding carboxylic acids is 1. The Morgan fingerprint density at radius 3 is 2.68 bits per heavy atom. The van der Waals surface area contributed by atoms with Crippen LogP contribution in [0.4, 0.5) is 11.4 Å². The topological polar surface area (TPSA) is 44.8 Å². The van der Waals surface area contributed by atoms with Crippen LogP contribution in [-0.2, 0) is 4.79 Å². The molecule has 0 unspecified atom stereocenters. The van der Waals surface area contributed by atoms with Crippen molar-refractivity contribution in [3.05, 3.63) is 18.2 Å². The van der Waals surface area contributed by atoms with Crippen LogP contribution in [-0.4, -0.2) is 58.1 Å². The highest BCUT2D eigenvalue weighted by Crippen LogP contribution is 2.31. The van der Waals surface area contributed by atoms with Crippen molar-refractivity contribution in [1.29, 1.82) is 0 Å². The largest absolute Gasteiger partial charge is 0.495 e. The van der Waals surface area contributed by atoms with Crippen LogP contribution in [0.1, 0.15) is 0 Å². The summed E-state index contributed by atoms with van der Waals surface area (Å²) in [5.74, 6) is 0.876. The molecule has 0 atom stereocenters. The fraction of sp³-hybridized carbons (Fsp3) is 0.500. The van der Waals surface area contributed by atoms with Crippen molar-refractivity contribution in [3.63, 3.8) is 0 Å². The summed E-state index contributed by atoms with van der Waals surface area (Å²) in [7, 11) is 3.82. The number of ether oxygens (including phenoxy) is 1. The molecule has 0 bridgehead atoms. The van der Waals surface area contributed by atoms with Gasteiger partial charge in [0.1, 0.15) is 12.0 Å². The lowest BCUT2D eigenvalue weighted by Gasteiger charge is -2.35. The third-order valence-corrected chi connectivity index (χ3v) is 3.41. The van der Waals surface area contributed by atoms with Crippen LogP contribution >= 0.6 is 0 Å². The number of hydrogen-bond donors (Lipinski definition) is 1. The van der Waals surface area contributed by atoms with E-state index in [0.717, 1.165) is 49.6 Å². The Kier molecular flexibility index (Phi) is 4.63. The van der Waals surface area contributed by atoms with E-state index in [4.69, 9.17) is 4.74 Å². The number of likely N-dealkylation sites (N-methyl/N-ethyl adjacent to an activating group) is 1. The molecule has 1 heterocycles. The summed E-state index contributed by atoms with van der Waals surface area (Å²) in [6, 6.07) is 5.93. The number of rotatable bonds is 5. The average Bonchev–Trinajstić information content (AvgIpc) is 2.45. The SMILES string of the molecule is COc1ccc(NCC=O)cc1N1CCN(C)CC1. The predicted molar refractivity (Wildman–Crippen MR) is 77.3 cm³/mol. The summed E-state index contributed by atoms with van der Waals surface area (Å²) in [6.07, 6.45) is 0.861. The Bertz CT molecular complexity index is 429. The smallest absolute Gasteiger partial charge is 0.142 e. The highest BCUT2D eigenvalue weighted by molar-refractivity contribution is 5.68. The molecule has 19 heavy (non-hydrogen) atoms. The van der Waals surface area contributed by atoms with E-state index in [1.54, 1.807) is 7.11 Å². The van der Waals surface area contributed by atoms with Crippen LogP contribution in [0.15, 0.2) is 18.2 Å². The minimum Gasteiger partial charge on any atom is -0.495 e. The van der Waals surface area contributed by atoms with Crippen molar-refractivity contribution in [2.24, 2.45) is 0 Å². The number of piperazine rings is 1. The Hall–Kier alpha value is -1.75. The minimum absolute atomic E-state index is 0.328. The fourth-order valence-electron chi connectivity index (χ4n) is 2.25. The standard InChI is InChI=1S/C14H21N3O2/c1-16-6-8-17(9-7-16)13-11-12(15-5-10-18)3-4-14(13)19-2/h3-4,10-11,15H,5-9H2,1-2H3. The Morgan fingerprint density at radius 2 is 2.05 bits per heavy atom. The van der Waals surface area contributed by atoms with Gasteiger partial charge in [-0.1, -0.05) is 0 Å². The highest BCUT2D eigenvalue weighted by atomic mass is 16.5. The summed E-state index contributed by atoms with van der Waals surface area (Å²) >= 11 is 0. The lowest BCUT2D eigenvalue weighted by molar-refractivity contribution is -0.106. The summed E-state index contributed by atoms with van der Waals surface area (Å²) in [5.41, 5.74) is 2.04. The second-order valence-electron chi connectivity index (χ2n) is 4.72. The number of anilines is 2. The van der Waals surface area contributed by atoms with E-state index < -0.39 is 0 Å². The van der Waals surface area contributed by atoms with Gasteiger partial charge in [0.2, 0.25) is 0 Å². The second-order valence-corrected chi connectivity index (χ2v) is 4.72. The van der Waals surface area contributed by atoms with Crippen LogP contribution in [0.2, 0.25) is 0 Å². The molecule has 104 valence electrons. The lowest BCUT2D eigenvalue weighted by atomic mass is 10.2. The molecule has 5 nitrogen and oxygen atoms in total. The van der Waals surface area contributed by atoms with Crippen molar-refractivity contribution >= 4 is 17.7 Å². The number of nitrogens with one attached hydrogen (secondary N) is 1. The van der Waals surface area contributed by atoms with Gasteiger partial charge in [-0.2, -0.15) is 0 Å². The van der Waals surface area contributed by atoms with Crippen molar-refractivity contribution in [2.45, 2.75) is 0 Å². The zero-order valence-electron chi connectivity index (χ0n) is 11.6. The van der Waals surface area contributed by atoms with Gasteiger partial charge >= 0.3 is 0 Å². The molecule has 1 aromatic rings. The summed E-state index contributed by atoms with van der Waals surface area (Å²) in [4.78, 5) is 15.1. The number of hydrogen-bond acceptors (Lipinski definition) is 5. The molecule has 2 rings (SSSR count). The van der Waals surface area contributed by atoms with E-state index in [9.17, 15) is 4.79 Å². The predicted octanol–water partition coefficient (Wildman–Crippen LogP) is 1.06. The van der Waals surface area contributed by atoms with Gasteiger partial charge < -0.3 is 24.6 Å². The molecule has 1 fully saturated rings. The van der Waals surface area contributed by atoms with E-state index in [1.807, 2.05) is 18.2 Å². The first-order chi connectivity index (χ1) is 9.24.